The summed E-state index contributed by atoms with van der Waals surface area (Å²) < 4.78 is 4.51. The van der Waals surface area contributed by atoms with Crippen molar-refractivity contribution in [3.63, 3.8) is 0 Å². The van der Waals surface area contributed by atoms with Gasteiger partial charge in [0.1, 0.15) is 5.82 Å². The van der Waals surface area contributed by atoms with E-state index in [2.05, 4.69) is 16.6 Å². The Kier molecular flexibility index (Phi) is 4.71. The van der Waals surface area contributed by atoms with Gasteiger partial charge >= 0.3 is 5.97 Å². The highest BCUT2D eigenvalue weighted by atomic mass is 16.5. The third-order valence-electron chi connectivity index (χ3n) is 2.48. The van der Waals surface area contributed by atoms with E-state index in [0.717, 1.165) is 0 Å². The lowest BCUT2D eigenvalue weighted by Gasteiger charge is -2.31. The molecule has 0 fully saturated rings. The standard InChI is InChI=1S/C13H18N2O3/c1-9(2)15-8-11(13(17)14-10(15)3)6-5-7-12(16)18-4/h5-6,8-9H,3,7H2,1-2,4H3,(H,14,17)/b6-5+. The molecule has 1 aliphatic rings. The lowest BCUT2D eigenvalue weighted by Crippen LogP contribution is -2.40. The monoisotopic (exact) mass is 250 g/mol. The first kappa shape index (κ1) is 14.0. The van der Waals surface area contributed by atoms with Gasteiger partial charge < -0.3 is 15.0 Å². The van der Waals surface area contributed by atoms with Crippen molar-refractivity contribution in [3.05, 3.63) is 36.3 Å². The first-order valence-electron chi connectivity index (χ1n) is 5.69. The molecule has 0 spiro atoms. The minimum absolute atomic E-state index is 0.143. The first-order chi connectivity index (χ1) is 8.45. The van der Waals surface area contributed by atoms with Crippen molar-refractivity contribution in [1.82, 2.24) is 10.2 Å². The summed E-state index contributed by atoms with van der Waals surface area (Å²) in [4.78, 5) is 24.5. The number of rotatable bonds is 4. The molecule has 1 aliphatic heterocycles. The van der Waals surface area contributed by atoms with Crippen LogP contribution in [0.1, 0.15) is 20.3 Å². The molecule has 0 saturated carbocycles. The van der Waals surface area contributed by atoms with E-state index in [1.807, 2.05) is 18.7 Å². The number of carbonyl (C=O) groups is 2. The third-order valence-corrected chi connectivity index (χ3v) is 2.48. The lowest BCUT2D eigenvalue weighted by molar-refractivity contribution is -0.139. The number of amides is 1. The summed E-state index contributed by atoms with van der Waals surface area (Å²) in [5.74, 6) is -0.00803. The molecule has 0 aromatic heterocycles. The number of nitrogens with one attached hydrogen (secondary N) is 1. The fourth-order valence-electron chi connectivity index (χ4n) is 1.50. The van der Waals surface area contributed by atoms with Crippen molar-refractivity contribution < 1.29 is 14.3 Å². The van der Waals surface area contributed by atoms with Crippen LogP contribution < -0.4 is 5.32 Å². The zero-order valence-corrected chi connectivity index (χ0v) is 10.9. The normalized spacial score (nSPS) is 16.0. The summed E-state index contributed by atoms with van der Waals surface area (Å²) in [5.41, 5.74) is 0.486. The average Bonchev–Trinajstić information content (AvgIpc) is 2.31. The van der Waals surface area contributed by atoms with E-state index in [1.54, 1.807) is 18.4 Å². The predicted molar refractivity (Wildman–Crippen MR) is 68.1 cm³/mol. The summed E-state index contributed by atoms with van der Waals surface area (Å²) in [5, 5.41) is 2.67. The molecular weight excluding hydrogens is 232 g/mol. The van der Waals surface area contributed by atoms with Crippen LogP contribution in [-0.4, -0.2) is 29.9 Å². The minimum Gasteiger partial charge on any atom is -0.469 e. The Morgan fingerprint density at radius 1 is 1.61 bits per heavy atom. The van der Waals surface area contributed by atoms with Crippen LogP contribution in [0, 0.1) is 0 Å². The van der Waals surface area contributed by atoms with E-state index in [-0.39, 0.29) is 24.3 Å². The van der Waals surface area contributed by atoms with Crippen molar-refractivity contribution in [2.45, 2.75) is 26.3 Å². The van der Waals surface area contributed by atoms with Crippen molar-refractivity contribution in [2.75, 3.05) is 7.11 Å². The Labute approximate surface area is 107 Å². The fraction of sp³-hybridized carbons (Fsp3) is 0.385. The van der Waals surface area contributed by atoms with Crippen LogP contribution in [0.3, 0.4) is 0 Å². The average molecular weight is 250 g/mol. The van der Waals surface area contributed by atoms with Gasteiger partial charge in [0.25, 0.3) is 5.91 Å². The second-order valence-electron chi connectivity index (χ2n) is 4.17. The van der Waals surface area contributed by atoms with E-state index in [1.165, 1.54) is 7.11 Å². The molecule has 1 rings (SSSR count). The lowest BCUT2D eigenvalue weighted by atomic mass is 10.1. The van der Waals surface area contributed by atoms with E-state index in [0.29, 0.717) is 11.4 Å². The number of esters is 1. The zero-order valence-electron chi connectivity index (χ0n) is 10.9. The minimum atomic E-state index is -0.340. The van der Waals surface area contributed by atoms with Crippen LogP contribution in [0.25, 0.3) is 0 Å². The molecule has 0 aromatic carbocycles. The molecule has 0 atom stereocenters. The van der Waals surface area contributed by atoms with Gasteiger partial charge in [-0.2, -0.15) is 0 Å². The molecule has 5 nitrogen and oxygen atoms in total. The first-order valence-corrected chi connectivity index (χ1v) is 5.69. The molecule has 0 bridgehead atoms. The van der Waals surface area contributed by atoms with Gasteiger partial charge in [-0.25, -0.2) is 0 Å². The van der Waals surface area contributed by atoms with Crippen LogP contribution in [0.5, 0.6) is 0 Å². The van der Waals surface area contributed by atoms with Gasteiger partial charge in [-0.15, -0.1) is 0 Å². The van der Waals surface area contributed by atoms with E-state index in [9.17, 15) is 9.59 Å². The topological polar surface area (TPSA) is 58.6 Å². The molecule has 1 N–H and O–H groups in total. The highest BCUT2D eigenvalue weighted by Gasteiger charge is 2.20. The Balaban J connectivity index is 2.79. The Morgan fingerprint density at radius 3 is 2.83 bits per heavy atom. The molecule has 98 valence electrons. The highest BCUT2D eigenvalue weighted by Crippen LogP contribution is 2.15. The van der Waals surface area contributed by atoms with Crippen molar-refractivity contribution in [3.8, 4) is 0 Å². The molecule has 18 heavy (non-hydrogen) atoms. The molecular formula is C13H18N2O3. The summed E-state index contributed by atoms with van der Waals surface area (Å²) in [6.07, 6.45) is 5.07. The van der Waals surface area contributed by atoms with Crippen LogP contribution in [-0.2, 0) is 14.3 Å². The SMILES string of the molecule is C=C1NC(=O)C(/C=C/CC(=O)OC)=CN1C(C)C. The predicted octanol–water partition coefficient (Wildman–Crippen LogP) is 1.30. The molecule has 5 heteroatoms. The Hall–Kier alpha value is -2.04. The quantitative estimate of drug-likeness (QED) is 0.764. The van der Waals surface area contributed by atoms with E-state index >= 15 is 0 Å². The maximum atomic E-state index is 11.7. The van der Waals surface area contributed by atoms with E-state index < -0.39 is 0 Å². The largest absolute Gasteiger partial charge is 0.469 e. The van der Waals surface area contributed by atoms with Gasteiger partial charge in [-0.05, 0) is 13.8 Å². The molecule has 0 unspecified atom stereocenters. The number of ether oxygens (including phenoxy) is 1. The smallest absolute Gasteiger partial charge is 0.309 e. The molecule has 1 amide bonds. The summed E-state index contributed by atoms with van der Waals surface area (Å²) in [6.45, 7) is 7.76. The summed E-state index contributed by atoms with van der Waals surface area (Å²) >= 11 is 0. The second-order valence-corrected chi connectivity index (χ2v) is 4.17. The Morgan fingerprint density at radius 2 is 2.28 bits per heavy atom. The van der Waals surface area contributed by atoms with Gasteiger partial charge in [0.05, 0.1) is 19.1 Å². The van der Waals surface area contributed by atoms with Gasteiger partial charge in [0, 0.05) is 12.2 Å². The highest BCUT2D eigenvalue weighted by molar-refractivity contribution is 5.98. The van der Waals surface area contributed by atoms with Crippen molar-refractivity contribution >= 4 is 11.9 Å². The number of carbonyl (C=O) groups excluding carboxylic acids is 2. The summed E-state index contributed by atoms with van der Waals surface area (Å²) in [7, 11) is 1.33. The number of hydrogen-bond acceptors (Lipinski definition) is 4. The van der Waals surface area contributed by atoms with Crippen LogP contribution in [0.15, 0.2) is 36.3 Å². The zero-order chi connectivity index (χ0) is 13.7. The van der Waals surface area contributed by atoms with Crippen molar-refractivity contribution in [2.24, 2.45) is 0 Å². The number of nitrogens with zero attached hydrogens (tertiary/aromatic N) is 1. The van der Waals surface area contributed by atoms with Gasteiger partial charge in [0.15, 0.2) is 0 Å². The van der Waals surface area contributed by atoms with Gasteiger partial charge in [-0.3, -0.25) is 9.59 Å². The van der Waals surface area contributed by atoms with Crippen LogP contribution in [0.2, 0.25) is 0 Å². The van der Waals surface area contributed by atoms with Crippen molar-refractivity contribution in [1.29, 1.82) is 0 Å². The second kappa shape index (κ2) is 6.05. The van der Waals surface area contributed by atoms with E-state index in [4.69, 9.17) is 0 Å². The Bertz CT molecular complexity index is 422. The summed E-state index contributed by atoms with van der Waals surface area (Å²) in [6, 6.07) is 0.196. The van der Waals surface area contributed by atoms with Gasteiger partial charge in [0.2, 0.25) is 0 Å². The van der Waals surface area contributed by atoms with Crippen LogP contribution in [0.4, 0.5) is 0 Å². The molecule has 0 saturated heterocycles. The third kappa shape index (κ3) is 3.48. The van der Waals surface area contributed by atoms with Gasteiger partial charge in [-0.1, -0.05) is 18.7 Å². The maximum absolute atomic E-state index is 11.7. The fourth-order valence-corrected chi connectivity index (χ4v) is 1.50. The maximum Gasteiger partial charge on any atom is 0.309 e. The van der Waals surface area contributed by atoms with Crippen LogP contribution >= 0.6 is 0 Å². The number of hydrogen-bond donors (Lipinski definition) is 1. The molecule has 0 aromatic rings. The molecule has 1 heterocycles. The molecule has 0 radical (unpaired) electrons. The molecule has 0 aliphatic carbocycles. The number of methoxy groups -OCH3 is 1.